The Balaban J connectivity index is 1.97. The summed E-state index contributed by atoms with van der Waals surface area (Å²) < 4.78 is 2.16. The van der Waals surface area contributed by atoms with Crippen LogP contribution >= 0.6 is 0 Å². The van der Waals surface area contributed by atoms with E-state index in [1.807, 2.05) is 12.4 Å². The highest BCUT2D eigenvalue weighted by atomic mass is 16.4. The van der Waals surface area contributed by atoms with Gasteiger partial charge in [0, 0.05) is 31.4 Å². The van der Waals surface area contributed by atoms with Gasteiger partial charge in [-0.25, -0.2) is 4.98 Å². The Morgan fingerprint density at radius 3 is 3.11 bits per heavy atom. The maximum atomic E-state index is 10.7. The highest BCUT2D eigenvalue weighted by Crippen LogP contribution is 2.22. The number of imidazole rings is 1. The van der Waals surface area contributed by atoms with Gasteiger partial charge in [-0.15, -0.1) is 0 Å². The Kier molecular flexibility index (Phi) is 4.96. The van der Waals surface area contributed by atoms with Crippen LogP contribution in [0.1, 0.15) is 44.9 Å². The summed E-state index contributed by atoms with van der Waals surface area (Å²) in [5.41, 5.74) is 0. The lowest BCUT2D eigenvalue weighted by atomic mass is 9.98. The number of likely N-dealkylation sites (tertiary alicyclic amines) is 1. The van der Waals surface area contributed by atoms with E-state index in [0.717, 1.165) is 38.3 Å². The molecule has 1 saturated heterocycles. The number of rotatable bonds is 6. The summed E-state index contributed by atoms with van der Waals surface area (Å²) in [5.74, 6) is 0.394. The molecule has 1 aliphatic rings. The van der Waals surface area contributed by atoms with Crippen LogP contribution in [0.3, 0.4) is 0 Å². The van der Waals surface area contributed by atoms with Crippen LogP contribution in [0.25, 0.3) is 0 Å². The zero-order chi connectivity index (χ0) is 13.7. The van der Waals surface area contributed by atoms with Crippen molar-refractivity contribution in [1.82, 2.24) is 14.5 Å². The molecule has 1 aliphatic heterocycles. The molecule has 0 spiro atoms. The number of aromatic nitrogens is 2. The van der Waals surface area contributed by atoms with E-state index in [1.165, 1.54) is 12.8 Å². The molecule has 19 heavy (non-hydrogen) atoms. The number of carboxylic acid groups (broad SMARTS) is 1. The molecule has 0 radical (unpaired) electrons. The quantitative estimate of drug-likeness (QED) is 0.856. The molecule has 1 atom stereocenters. The Morgan fingerprint density at radius 2 is 2.37 bits per heavy atom. The standard InChI is InChI=1S/C14H23N3O2/c1-2-16-10-8-15-13(16)11-17-9-4-3-5-12(17)6-7-14(18)19/h8,10,12H,2-7,9,11H2,1H3,(H,18,19). The summed E-state index contributed by atoms with van der Waals surface area (Å²) in [6.07, 6.45) is 8.39. The minimum atomic E-state index is -0.694. The molecule has 5 heteroatoms. The Bertz CT molecular complexity index is 417. The van der Waals surface area contributed by atoms with Crippen LogP contribution in [0.4, 0.5) is 0 Å². The molecule has 1 aromatic heterocycles. The summed E-state index contributed by atoms with van der Waals surface area (Å²) in [6.45, 7) is 4.94. The third-order valence-corrected chi connectivity index (χ3v) is 3.93. The lowest BCUT2D eigenvalue weighted by Gasteiger charge is -2.35. The zero-order valence-corrected chi connectivity index (χ0v) is 11.6. The molecule has 1 aromatic rings. The monoisotopic (exact) mass is 265 g/mol. The summed E-state index contributed by atoms with van der Waals surface area (Å²) >= 11 is 0. The third-order valence-electron chi connectivity index (χ3n) is 3.93. The van der Waals surface area contributed by atoms with Gasteiger partial charge in [-0.3, -0.25) is 9.69 Å². The second kappa shape index (κ2) is 6.70. The predicted octanol–water partition coefficient (Wildman–Crippen LogP) is 2.12. The maximum absolute atomic E-state index is 10.7. The molecule has 0 amide bonds. The Hall–Kier alpha value is -1.36. The highest BCUT2D eigenvalue weighted by Gasteiger charge is 2.24. The van der Waals surface area contributed by atoms with Crippen molar-refractivity contribution in [1.29, 1.82) is 0 Å². The molecule has 1 N–H and O–H groups in total. The van der Waals surface area contributed by atoms with Gasteiger partial charge < -0.3 is 9.67 Å². The number of carboxylic acids is 1. The number of hydrogen-bond acceptors (Lipinski definition) is 3. The van der Waals surface area contributed by atoms with Crippen LogP contribution in [0.5, 0.6) is 0 Å². The molecule has 0 saturated carbocycles. The van der Waals surface area contributed by atoms with Gasteiger partial charge in [0.2, 0.25) is 0 Å². The minimum absolute atomic E-state index is 0.267. The molecule has 0 bridgehead atoms. The first-order chi connectivity index (χ1) is 9.20. The molecule has 106 valence electrons. The van der Waals surface area contributed by atoms with E-state index in [4.69, 9.17) is 5.11 Å². The van der Waals surface area contributed by atoms with Crippen molar-refractivity contribution in [3.05, 3.63) is 18.2 Å². The summed E-state index contributed by atoms with van der Waals surface area (Å²) in [5, 5.41) is 8.83. The van der Waals surface area contributed by atoms with E-state index in [9.17, 15) is 4.79 Å². The van der Waals surface area contributed by atoms with Gasteiger partial charge in [0.25, 0.3) is 0 Å². The van der Waals surface area contributed by atoms with E-state index in [0.29, 0.717) is 6.04 Å². The average molecular weight is 265 g/mol. The van der Waals surface area contributed by atoms with Gasteiger partial charge in [-0.1, -0.05) is 6.42 Å². The van der Waals surface area contributed by atoms with Crippen molar-refractivity contribution in [2.45, 2.75) is 58.2 Å². The fraction of sp³-hybridized carbons (Fsp3) is 0.714. The molecule has 1 unspecified atom stereocenters. The van der Waals surface area contributed by atoms with Crippen molar-refractivity contribution < 1.29 is 9.90 Å². The topological polar surface area (TPSA) is 58.4 Å². The maximum Gasteiger partial charge on any atom is 0.303 e. The van der Waals surface area contributed by atoms with Crippen LogP contribution in [0.15, 0.2) is 12.4 Å². The van der Waals surface area contributed by atoms with E-state index in [2.05, 4.69) is 21.4 Å². The van der Waals surface area contributed by atoms with Crippen molar-refractivity contribution in [2.75, 3.05) is 6.54 Å². The third kappa shape index (κ3) is 3.80. The molecular formula is C14H23N3O2. The van der Waals surface area contributed by atoms with Gasteiger partial charge in [-0.2, -0.15) is 0 Å². The van der Waals surface area contributed by atoms with Crippen molar-refractivity contribution in [2.24, 2.45) is 0 Å². The summed E-state index contributed by atoms with van der Waals surface area (Å²) in [7, 11) is 0. The largest absolute Gasteiger partial charge is 0.481 e. The fourth-order valence-corrected chi connectivity index (χ4v) is 2.85. The number of piperidine rings is 1. The Labute approximate surface area is 114 Å². The summed E-state index contributed by atoms with van der Waals surface area (Å²) in [4.78, 5) is 17.6. The van der Waals surface area contributed by atoms with Crippen LogP contribution < -0.4 is 0 Å². The fourth-order valence-electron chi connectivity index (χ4n) is 2.85. The number of aliphatic carboxylic acids is 1. The lowest BCUT2D eigenvalue weighted by molar-refractivity contribution is -0.137. The first-order valence-corrected chi connectivity index (χ1v) is 7.16. The minimum Gasteiger partial charge on any atom is -0.481 e. The molecule has 1 fully saturated rings. The lowest BCUT2D eigenvalue weighted by Crippen LogP contribution is -2.39. The van der Waals surface area contributed by atoms with Gasteiger partial charge >= 0.3 is 5.97 Å². The SMILES string of the molecule is CCn1ccnc1CN1CCCCC1CCC(=O)O. The van der Waals surface area contributed by atoms with Crippen molar-refractivity contribution in [3.8, 4) is 0 Å². The number of hydrogen-bond donors (Lipinski definition) is 1. The van der Waals surface area contributed by atoms with Crippen molar-refractivity contribution >= 4 is 5.97 Å². The molecule has 5 nitrogen and oxygen atoms in total. The van der Waals surface area contributed by atoms with Gasteiger partial charge in [0.1, 0.15) is 5.82 Å². The van der Waals surface area contributed by atoms with Crippen LogP contribution in [0, 0.1) is 0 Å². The second-order valence-electron chi connectivity index (χ2n) is 5.18. The number of carbonyl (C=O) groups is 1. The summed E-state index contributed by atoms with van der Waals surface area (Å²) in [6, 6.07) is 0.395. The molecule has 2 heterocycles. The molecule has 0 aliphatic carbocycles. The second-order valence-corrected chi connectivity index (χ2v) is 5.18. The van der Waals surface area contributed by atoms with E-state index < -0.39 is 5.97 Å². The molecule has 0 aromatic carbocycles. The van der Waals surface area contributed by atoms with Crippen LogP contribution in [0.2, 0.25) is 0 Å². The number of nitrogens with zero attached hydrogens (tertiary/aromatic N) is 3. The first kappa shape index (κ1) is 14.1. The normalized spacial score (nSPS) is 20.6. The van der Waals surface area contributed by atoms with Gasteiger partial charge in [0.05, 0.1) is 6.54 Å². The van der Waals surface area contributed by atoms with E-state index >= 15 is 0 Å². The molecule has 2 rings (SSSR count). The van der Waals surface area contributed by atoms with Crippen molar-refractivity contribution in [3.63, 3.8) is 0 Å². The van der Waals surface area contributed by atoms with Crippen LogP contribution in [-0.2, 0) is 17.9 Å². The average Bonchev–Trinajstić information content (AvgIpc) is 2.85. The smallest absolute Gasteiger partial charge is 0.303 e. The highest BCUT2D eigenvalue weighted by molar-refractivity contribution is 5.66. The van der Waals surface area contributed by atoms with E-state index in [1.54, 1.807) is 0 Å². The van der Waals surface area contributed by atoms with Gasteiger partial charge in [-0.05, 0) is 32.7 Å². The Morgan fingerprint density at radius 1 is 1.53 bits per heavy atom. The first-order valence-electron chi connectivity index (χ1n) is 7.16. The molecular weight excluding hydrogens is 242 g/mol. The van der Waals surface area contributed by atoms with Gasteiger partial charge in [0.15, 0.2) is 0 Å². The predicted molar refractivity (Wildman–Crippen MR) is 72.8 cm³/mol. The van der Waals surface area contributed by atoms with E-state index in [-0.39, 0.29) is 6.42 Å². The zero-order valence-electron chi connectivity index (χ0n) is 11.6. The number of aryl methyl sites for hydroxylation is 1. The van der Waals surface area contributed by atoms with Crippen LogP contribution in [-0.4, -0.2) is 38.1 Å².